The van der Waals surface area contributed by atoms with Crippen LogP contribution in [0, 0.1) is 13.8 Å². The number of carbonyl (C=O) groups is 2. The highest BCUT2D eigenvalue weighted by atomic mass is 16.7. The van der Waals surface area contributed by atoms with Gasteiger partial charge in [-0.05, 0) is 43.2 Å². The highest BCUT2D eigenvalue weighted by Gasteiger charge is 2.43. The van der Waals surface area contributed by atoms with Crippen molar-refractivity contribution in [3.05, 3.63) is 53.1 Å². The van der Waals surface area contributed by atoms with Crippen molar-refractivity contribution < 1.29 is 19.1 Å². The predicted octanol–water partition coefficient (Wildman–Crippen LogP) is 2.48. The van der Waals surface area contributed by atoms with Gasteiger partial charge in [0, 0.05) is 32.7 Å². The third kappa shape index (κ3) is 3.79. The molecule has 7 heteroatoms. The second-order valence-electron chi connectivity index (χ2n) is 8.58. The Bertz CT molecular complexity index is 1030. The van der Waals surface area contributed by atoms with E-state index in [4.69, 9.17) is 9.47 Å². The van der Waals surface area contributed by atoms with Crippen molar-refractivity contribution in [3.8, 4) is 11.5 Å². The molecule has 0 N–H and O–H groups in total. The molecule has 2 aromatic carbocycles. The number of imide groups is 1. The molecule has 3 heterocycles. The van der Waals surface area contributed by atoms with Gasteiger partial charge >= 0.3 is 0 Å². The van der Waals surface area contributed by atoms with Crippen LogP contribution in [0.4, 0.5) is 5.69 Å². The van der Waals surface area contributed by atoms with E-state index in [2.05, 4.69) is 15.9 Å². The molecule has 2 saturated heterocycles. The number of rotatable bonds is 4. The monoisotopic (exact) mass is 421 g/mol. The van der Waals surface area contributed by atoms with E-state index in [0.29, 0.717) is 5.69 Å². The van der Waals surface area contributed by atoms with Gasteiger partial charge in [0.05, 0.1) is 18.2 Å². The summed E-state index contributed by atoms with van der Waals surface area (Å²) in [7, 11) is 0. The Morgan fingerprint density at radius 1 is 0.935 bits per heavy atom. The number of hydrogen-bond donors (Lipinski definition) is 0. The highest BCUT2D eigenvalue weighted by Crippen LogP contribution is 2.33. The van der Waals surface area contributed by atoms with Gasteiger partial charge in [0.25, 0.3) is 5.91 Å². The summed E-state index contributed by atoms with van der Waals surface area (Å²) in [4.78, 5) is 31.8. The van der Waals surface area contributed by atoms with E-state index in [0.717, 1.165) is 55.3 Å². The number of ether oxygens (including phenoxy) is 2. The van der Waals surface area contributed by atoms with E-state index in [9.17, 15) is 9.59 Å². The van der Waals surface area contributed by atoms with Crippen LogP contribution in [0.2, 0.25) is 0 Å². The Hall–Kier alpha value is -2.90. The first-order valence-corrected chi connectivity index (χ1v) is 10.8. The van der Waals surface area contributed by atoms with E-state index in [1.165, 1.54) is 10.5 Å². The first-order chi connectivity index (χ1) is 15.0. The van der Waals surface area contributed by atoms with Crippen LogP contribution in [0.15, 0.2) is 36.4 Å². The molecule has 0 aliphatic carbocycles. The molecule has 0 spiro atoms. The molecule has 3 aliphatic heterocycles. The molecular weight excluding hydrogens is 394 g/mol. The molecule has 0 bridgehead atoms. The van der Waals surface area contributed by atoms with Crippen LogP contribution in [-0.2, 0) is 16.1 Å². The minimum absolute atomic E-state index is 0.0961. The van der Waals surface area contributed by atoms with Crippen molar-refractivity contribution in [1.29, 1.82) is 0 Å². The number of aryl methyl sites for hydroxylation is 2. The minimum Gasteiger partial charge on any atom is -0.454 e. The summed E-state index contributed by atoms with van der Waals surface area (Å²) in [6, 6.07) is 11.5. The largest absolute Gasteiger partial charge is 0.454 e. The first-order valence-electron chi connectivity index (χ1n) is 10.8. The SMILES string of the molecule is Cc1ccc(N2C(=O)C[C@H](N3CCN(Cc4ccc5c(c4)OCO5)CC3)C2=O)c(C)c1. The van der Waals surface area contributed by atoms with Crippen molar-refractivity contribution in [1.82, 2.24) is 9.80 Å². The van der Waals surface area contributed by atoms with Gasteiger partial charge in [-0.25, -0.2) is 4.90 Å². The number of anilines is 1. The fourth-order valence-corrected chi connectivity index (χ4v) is 4.74. The average molecular weight is 421 g/mol. The quantitative estimate of drug-likeness (QED) is 0.707. The fourth-order valence-electron chi connectivity index (χ4n) is 4.74. The predicted molar refractivity (Wildman–Crippen MR) is 116 cm³/mol. The smallest absolute Gasteiger partial charge is 0.251 e. The molecule has 2 fully saturated rings. The summed E-state index contributed by atoms with van der Waals surface area (Å²) >= 11 is 0. The van der Waals surface area contributed by atoms with Gasteiger partial charge in [-0.1, -0.05) is 23.8 Å². The number of hydrogen-bond acceptors (Lipinski definition) is 6. The number of fused-ring (bicyclic) bond motifs is 1. The van der Waals surface area contributed by atoms with E-state index in [1.54, 1.807) is 0 Å². The van der Waals surface area contributed by atoms with Crippen molar-refractivity contribution in [2.24, 2.45) is 0 Å². The molecule has 1 atom stereocenters. The van der Waals surface area contributed by atoms with Crippen molar-refractivity contribution in [3.63, 3.8) is 0 Å². The summed E-state index contributed by atoms with van der Waals surface area (Å²) in [5.41, 5.74) is 3.97. The minimum atomic E-state index is -0.360. The lowest BCUT2D eigenvalue weighted by molar-refractivity contribution is -0.123. The third-order valence-corrected chi connectivity index (χ3v) is 6.41. The fraction of sp³-hybridized carbons (Fsp3) is 0.417. The normalized spacial score (nSPS) is 21.9. The van der Waals surface area contributed by atoms with Crippen LogP contribution in [0.1, 0.15) is 23.1 Å². The van der Waals surface area contributed by atoms with Gasteiger partial charge < -0.3 is 9.47 Å². The summed E-state index contributed by atoms with van der Waals surface area (Å²) < 4.78 is 10.9. The molecule has 2 amide bonds. The third-order valence-electron chi connectivity index (χ3n) is 6.41. The zero-order valence-corrected chi connectivity index (χ0v) is 18.0. The molecule has 7 nitrogen and oxygen atoms in total. The molecule has 2 aromatic rings. The molecule has 162 valence electrons. The van der Waals surface area contributed by atoms with E-state index >= 15 is 0 Å². The number of amides is 2. The maximum absolute atomic E-state index is 13.2. The van der Waals surface area contributed by atoms with Crippen LogP contribution in [0.3, 0.4) is 0 Å². The zero-order valence-electron chi connectivity index (χ0n) is 18.0. The average Bonchev–Trinajstić information content (AvgIpc) is 3.33. The molecule has 31 heavy (non-hydrogen) atoms. The molecule has 0 unspecified atom stereocenters. The van der Waals surface area contributed by atoms with Gasteiger partial charge in [0.1, 0.15) is 0 Å². The summed E-state index contributed by atoms with van der Waals surface area (Å²) in [6.45, 7) is 8.33. The second kappa shape index (κ2) is 7.98. The lowest BCUT2D eigenvalue weighted by Gasteiger charge is -2.37. The van der Waals surface area contributed by atoms with Crippen LogP contribution in [0.25, 0.3) is 0 Å². The first kappa shape index (κ1) is 20.0. The van der Waals surface area contributed by atoms with Gasteiger partial charge in [-0.2, -0.15) is 0 Å². The lowest BCUT2D eigenvalue weighted by Crippen LogP contribution is -2.52. The van der Waals surface area contributed by atoms with Crippen LogP contribution >= 0.6 is 0 Å². The van der Waals surface area contributed by atoms with E-state index < -0.39 is 0 Å². The van der Waals surface area contributed by atoms with Gasteiger partial charge in [-0.3, -0.25) is 19.4 Å². The lowest BCUT2D eigenvalue weighted by atomic mass is 10.1. The van der Waals surface area contributed by atoms with Crippen molar-refractivity contribution in [2.45, 2.75) is 32.9 Å². The number of nitrogens with zero attached hydrogens (tertiary/aromatic N) is 3. The van der Waals surface area contributed by atoms with E-state index in [-0.39, 0.29) is 31.1 Å². The molecule has 3 aliphatic rings. The summed E-state index contributed by atoms with van der Waals surface area (Å²) in [5.74, 6) is 1.40. The second-order valence-corrected chi connectivity index (χ2v) is 8.58. The molecule has 0 saturated carbocycles. The standard InChI is InChI=1S/C24H27N3O4/c1-16-3-5-19(17(2)11-16)27-23(28)13-20(24(27)29)26-9-7-25(8-10-26)14-18-4-6-21-22(12-18)31-15-30-21/h3-6,11-12,20H,7-10,13-15H2,1-2H3/t20-/m0/s1. The van der Waals surface area contributed by atoms with Crippen LogP contribution in [0.5, 0.6) is 11.5 Å². The summed E-state index contributed by atoms with van der Waals surface area (Å²) in [5, 5.41) is 0. The van der Waals surface area contributed by atoms with Crippen molar-refractivity contribution in [2.75, 3.05) is 37.9 Å². The van der Waals surface area contributed by atoms with Gasteiger partial charge in [0.2, 0.25) is 12.7 Å². The van der Waals surface area contributed by atoms with Crippen molar-refractivity contribution >= 4 is 17.5 Å². The van der Waals surface area contributed by atoms with Gasteiger partial charge in [-0.15, -0.1) is 0 Å². The number of carbonyl (C=O) groups excluding carboxylic acids is 2. The Labute approximate surface area is 182 Å². The maximum Gasteiger partial charge on any atom is 0.251 e. The highest BCUT2D eigenvalue weighted by molar-refractivity contribution is 6.22. The van der Waals surface area contributed by atoms with Crippen LogP contribution < -0.4 is 14.4 Å². The maximum atomic E-state index is 13.2. The molecular formula is C24H27N3O4. The molecule has 5 rings (SSSR count). The number of benzene rings is 2. The Morgan fingerprint density at radius 2 is 1.71 bits per heavy atom. The van der Waals surface area contributed by atoms with E-state index in [1.807, 2.05) is 44.2 Å². The van der Waals surface area contributed by atoms with Gasteiger partial charge in [0.15, 0.2) is 11.5 Å². The summed E-state index contributed by atoms with van der Waals surface area (Å²) in [6.07, 6.45) is 0.258. The Morgan fingerprint density at radius 3 is 2.48 bits per heavy atom. The Kier molecular flexibility index (Phi) is 5.16. The number of piperazine rings is 1. The zero-order chi connectivity index (χ0) is 21.5. The topological polar surface area (TPSA) is 62.3 Å². The Balaban J connectivity index is 1.21. The van der Waals surface area contributed by atoms with Crippen LogP contribution in [-0.4, -0.2) is 60.6 Å². The molecule has 0 aromatic heterocycles. The molecule has 0 radical (unpaired) electrons.